The summed E-state index contributed by atoms with van der Waals surface area (Å²) in [5, 5.41) is 5.00. The predicted molar refractivity (Wildman–Crippen MR) is 75.9 cm³/mol. The van der Waals surface area contributed by atoms with E-state index in [9.17, 15) is 14.4 Å². The fourth-order valence-electron chi connectivity index (χ4n) is 1.30. The van der Waals surface area contributed by atoms with E-state index in [-0.39, 0.29) is 5.91 Å². The Morgan fingerprint density at radius 1 is 1.40 bits per heavy atom. The molecule has 0 fully saturated rings. The van der Waals surface area contributed by atoms with Crippen molar-refractivity contribution in [2.45, 2.75) is 19.9 Å². The lowest BCUT2D eigenvalue weighted by atomic mass is 10.3. The molecule has 8 heteroatoms. The Bertz CT molecular complexity index is 503. The monoisotopic (exact) mass is 318 g/mol. The normalized spacial score (nSPS) is 11.6. The third-order valence-electron chi connectivity index (χ3n) is 2.23. The molecule has 2 amide bonds. The van der Waals surface area contributed by atoms with Gasteiger partial charge < -0.3 is 15.4 Å². The second-order valence-electron chi connectivity index (χ2n) is 3.86. The van der Waals surface area contributed by atoms with Crippen molar-refractivity contribution in [1.82, 2.24) is 10.6 Å². The zero-order valence-corrected chi connectivity index (χ0v) is 12.6. The van der Waals surface area contributed by atoms with Crippen molar-refractivity contribution in [3.8, 4) is 0 Å². The molecule has 0 bridgehead atoms. The third kappa shape index (κ3) is 5.18. The third-order valence-corrected chi connectivity index (χ3v) is 3.44. The quantitative estimate of drug-likeness (QED) is 0.772. The number of hydrogen-bond donors (Lipinski definition) is 2. The smallest absolute Gasteiger partial charge is 0.348 e. The number of rotatable bonds is 6. The summed E-state index contributed by atoms with van der Waals surface area (Å²) in [6, 6.07) is 2.40. The Balaban J connectivity index is 2.36. The maximum atomic E-state index is 11.6. The molecule has 1 atom stereocenters. The van der Waals surface area contributed by atoms with Gasteiger partial charge in [-0.3, -0.25) is 9.59 Å². The maximum absolute atomic E-state index is 11.6. The first-order valence-electron chi connectivity index (χ1n) is 5.93. The standard InChI is InChI=1S/C12H15ClN2O4S/c1-3-14-11(17)7(2)15-10(16)6-19-12(18)8-4-5-9(13)20-8/h4-5,7H,3,6H2,1-2H3,(H,14,17)(H,15,16)/t7-/m0/s1. The highest BCUT2D eigenvalue weighted by molar-refractivity contribution is 7.17. The second-order valence-corrected chi connectivity index (χ2v) is 5.58. The number of hydrogen-bond acceptors (Lipinski definition) is 5. The van der Waals surface area contributed by atoms with Crippen LogP contribution in [0.4, 0.5) is 0 Å². The van der Waals surface area contributed by atoms with Crippen LogP contribution in [0.25, 0.3) is 0 Å². The summed E-state index contributed by atoms with van der Waals surface area (Å²) in [5.41, 5.74) is 0. The van der Waals surface area contributed by atoms with Crippen molar-refractivity contribution in [3.63, 3.8) is 0 Å². The second kappa shape index (κ2) is 7.86. The van der Waals surface area contributed by atoms with Gasteiger partial charge in [0.15, 0.2) is 6.61 Å². The Labute approximate surface area is 125 Å². The van der Waals surface area contributed by atoms with Gasteiger partial charge in [0.1, 0.15) is 10.9 Å². The molecule has 0 aromatic carbocycles. The molecule has 0 unspecified atom stereocenters. The molecule has 2 N–H and O–H groups in total. The number of ether oxygens (including phenoxy) is 1. The molecule has 0 saturated carbocycles. The van der Waals surface area contributed by atoms with E-state index in [0.717, 1.165) is 11.3 Å². The lowest BCUT2D eigenvalue weighted by Gasteiger charge is -2.13. The van der Waals surface area contributed by atoms with Crippen LogP contribution in [0.2, 0.25) is 4.34 Å². The van der Waals surface area contributed by atoms with Crippen LogP contribution in [-0.2, 0) is 14.3 Å². The van der Waals surface area contributed by atoms with Crippen LogP contribution < -0.4 is 10.6 Å². The highest BCUT2D eigenvalue weighted by Gasteiger charge is 2.17. The number of thiophene rings is 1. The van der Waals surface area contributed by atoms with E-state index >= 15 is 0 Å². The first-order valence-corrected chi connectivity index (χ1v) is 7.13. The van der Waals surface area contributed by atoms with Crippen LogP contribution >= 0.6 is 22.9 Å². The fourth-order valence-corrected chi connectivity index (χ4v) is 2.24. The molecule has 1 rings (SSSR count). The number of amides is 2. The zero-order chi connectivity index (χ0) is 15.1. The van der Waals surface area contributed by atoms with Crippen LogP contribution in [0, 0.1) is 0 Å². The van der Waals surface area contributed by atoms with E-state index in [2.05, 4.69) is 10.6 Å². The summed E-state index contributed by atoms with van der Waals surface area (Å²) in [6.45, 7) is 3.36. The van der Waals surface area contributed by atoms with Gasteiger partial charge in [-0.05, 0) is 26.0 Å². The molecule has 0 aliphatic rings. The number of carbonyl (C=O) groups is 3. The molecule has 1 aromatic rings. The molecule has 0 aliphatic heterocycles. The van der Waals surface area contributed by atoms with Gasteiger partial charge in [0.05, 0.1) is 4.34 Å². The van der Waals surface area contributed by atoms with E-state index in [1.54, 1.807) is 19.9 Å². The van der Waals surface area contributed by atoms with Gasteiger partial charge in [0.25, 0.3) is 5.91 Å². The van der Waals surface area contributed by atoms with E-state index in [1.165, 1.54) is 6.07 Å². The highest BCUT2D eigenvalue weighted by Crippen LogP contribution is 2.21. The summed E-state index contributed by atoms with van der Waals surface area (Å²) < 4.78 is 5.28. The lowest BCUT2D eigenvalue weighted by molar-refractivity contribution is -0.130. The Hall–Kier alpha value is -1.60. The minimum atomic E-state index is -0.683. The van der Waals surface area contributed by atoms with Gasteiger partial charge >= 0.3 is 5.97 Å². The molecule has 1 heterocycles. The summed E-state index contributed by atoms with van der Waals surface area (Å²) in [7, 11) is 0. The van der Waals surface area contributed by atoms with Crippen LogP contribution in [0.15, 0.2) is 12.1 Å². The van der Waals surface area contributed by atoms with Crippen molar-refractivity contribution >= 4 is 40.7 Å². The van der Waals surface area contributed by atoms with Crippen LogP contribution in [0.3, 0.4) is 0 Å². The molecule has 20 heavy (non-hydrogen) atoms. The van der Waals surface area contributed by atoms with Gasteiger partial charge in [0.2, 0.25) is 5.91 Å². The maximum Gasteiger partial charge on any atom is 0.348 e. The molecule has 1 aromatic heterocycles. The summed E-state index contributed by atoms with van der Waals surface area (Å²) in [4.78, 5) is 34.8. The zero-order valence-electron chi connectivity index (χ0n) is 11.1. The predicted octanol–water partition coefficient (Wildman–Crippen LogP) is 1.20. The number of halogens is 1. The lowest BCUT2D eigenvalue weighted by Crippen LogP contribution is -2.46. The minimum Gasteiger partial charge on any atom is -0.451 e. The molecule has 0 spiro atoms. The topological polar surface area (TPSA) is 84.5 Å². The van der Waals surface area contributed by atoms with Crippen LogP contribution in [0.1, 0.15) is 23.5 Å². The Kier molecular flexibility index (Phi) is 6.47. The van der Waals surface area contributed by atoms with Crippen LogP contribution in [-0.4, -0.2) is 37.0 Å². The van der Waals surface area contributed by atoms with Crippen molar-refractivity contribution in [2.75, 3.05) is 13.2 Å². The number of nitrogens with one attached hydrogen (secondary N) is 2. The molecule has 0 aliphatic carbocycles. The largest absolute Gasteiger partial charge is 0.451 e. The van der Waals surface area contributed by atoms with Gasteiger partial charge in [-0.15, -0.1) is 11.3 Å². The first-order chi connectivity index (χ1) is 9.43. The van der Waals surface area contributed by atoms with Crippen LogP contribution in [0.5, 0.6) is 0 Å². The van der Waals surface area contributed by atoms with Gasteiger partial charge in [-0.25, -0.2) is 4.79 Å². The average Bonchev–Trinajstić information content (AvgIpc) is 2.83. The van der Waals surface area contributed by atoms with Crippen molar-refractivity contribution in [1.29, 1.82) is 0 Å². The SMILES string of the molecule is CCNC(=O)[C@H](C)NC(=O)COC(=O)c1ccc(Cl)s1. The fraction of sp³-hybridized carbons (Fsp3) is 0.417. The number of esters is 1. The molecule has 110 valence electrons. The molecule has 0 saturated heterocycles. The van der Waals surface area contributed by atoms with Crippen molar-refractivity contribution < 1.29 is 19.1 Å². The van der Waals surface area contributed by atoms with E-state index < -0.39 is 24.5 Å². The molecular formula is C12H15ClN2O4S. The summed E-state index contributed by atoms with van der Waals surface area (Å²) in [6.07, 6.45) is 0. The first kappa shape index (κ1) is 16.5. The molecule has 0 radical (unpaired) electrons. The van der Waals surface area contributed by atoms with Gasteiger partial charge in [0, 0.05) is 6.54 Å². The average molecular weight is 319 g/mol. The Morgan fingerprint density at radius 3 is 2.65 bits per heavy atom. The van der Waals surface area contributed by atoms with E-state index in [0.29, 0.717) is 15.8 Å². The van der Waals surface area contributed by atoms with Gasteiger partial charge in [-0.2, -0.15) is 0 Å². The molecule has 6 nitrogen and oxygen atoms in total. The molecular weight excluding hydrogens is 304 g/mol. The number of likely N-dealkylation sites (N-methyl/N-ethyl adjacent to an activating group) is 1. The van der Waals surface area contributed by atoms with E-state index in [4.69, 9.17) is 16.3 Å². The minimum absolute atomic E-state index is 0.294. The Morgan fingerprint density at radius 2 is 2.10 bits per heavy atom. The van der Waals surface area contributed by atoms with Crippen molar-refractivity contribution in [3.05, 3.63) is 21.3 Å². The highest BCUT2D eigenvalue weighted by atomic mass is 35.5. The van der Waals surface area contributed by atoms with E-state index in [1.807, 2.05) is 0 Å². The summed E-state index contributed by atoms with van der Waals surface area (Å²) >= 11 is 6.76. The van der Waals surface area contributed by atoms with Crippen molar-refractivity contribution in [2.24, 2.45) is 0 Å². The number of carbonyl (C=O) groups excluding carboxylic acids is 3. The summed E-state index contributed by atoms with van der Waals surface area (Å²) in [5.74, 6) is -1.46. The van der Waals surface area contributed by atoms with Gasteiger partial charge in [-0.1, -0.05) is 11.6 Å².